The summed E-state index contributed by atoms with van der Waals surface area (Å²) in [6.07, 6.45) is 2.29. The summed E-state index contributed by atoms with van der Waals surface area (Å²) in [4.78, 5) is 0. The first-order chi connectivity index (χ1) is 9.05. The molecule has 0 saturated carbocycles. The summed E-state index contributed by atoms with van der Waals surface area (Å²) in [6, 6.07) is 9.15. The summed E-state index contributed by atoms with van der Waals surface area (Å²) in [5.74, 6) is 1.27. The third-order valence-electron chi connectivity index (χ3n) is 4.11. The summed E-state index contributed by atoms with van der Waals surface area (Å²) in [7, 11) is 0. The largest absolute Gasteiger partial charge is 0.379 e. The molecule has 1 heterocycles. The molecule has 1 saturated heterocycles. The van der Waals surface area contributed by atoms with Gasteiger partial charge in [0.2, 0.25) is 0 Å². The van der Waals surface area contributed by atoms with E-state index in [9.17, 15) is 0 Å². The third-order valence-corrected chi connectivity index (χ3v) is 4.11. The van der Waals surface area contributed by atoms with E-state index < -0.39 is 0 Å². The van der Waals surface area contributed by atoms with Crippen molar-refractivity contribution in [3.05, 3.63) is 35.4 Å². The van der Waals surface area contributed by atoms with Crippen LogP contribution in [0.15, 0.2) is 24.3 Å². The Morgan fingerprint density at radius 2 is 1.79 bits per heavy atom. The molecule has 1 aliphatic rings. The molecule has 1 aliphatic heterocycles. The fourth-order valence-electron chi connectivity index (χ4n) is 2.97. The number of benzene rings is 1. The van der Waals surface area contributed by atoms with Crippen molar-refractivity contribution >= 4 is 0 Å². The molecule has 0 aromatic heterocycles. The average molecular weight is 261 g/mol. The molecule has 0 bridgehead atoms. The molecule has 2 N–H and O–H groups in total. The Morgan fingerprint density at radius 1 is 1.16 bits per heavy atom. The second-order valence-electron chi connectivity index (χ2n) is 6.61. The smallest absolute Gasteiger partial charge is 0.0585 e. The van der Waals surface area contributed by atoms with E-state index in [4.69, 9.17) is 10.5 Å². The Hall–Kier alpha value is -0.860. The Kier molecular flexibility index (Phi) is 4.64. The zero-order chi connectivity index (χ0) is 13.9. The van der Waals surface area contributed by atoms with Crippen molar-refractivity contribution in [2.24, 2.45) is 17.6 Å². The van der Waals surface area contributed by atoms with Crippen LogP contribution in [0, 0.1) is 11.8 Å². The molecule has 1 atom stereocenters. The second-order valence-corrected chi connectivity index (χ2v) is 6.61. The van der Waals surface area contributed by atoms with Crippen LogP contribution in [0.3, 0.4) is 0 Å². The molecule has 2 rings (SSSR count). The first-order valence-corrected chi connectivity index (χ1v) is 7.43. The van der Waals surface area contributed by atoms with Crippen LogP contribution in [0.1, 0.15) is 38.3 Å². The number of ether oxygens (including phenoxy) is 1. The predicted molar refractivity (Wildman–Crippen MR) is 80.3 cm³/mol. The fourth-order valence-corrected chi connectivity index (χ4v) is 2.97. The Labute approximate surface area is 117 Å². The highest BCUT2D eigenvalue weighted by molar-refractivity contribution is 5.31. The van der Waals surface area contributed by atoms with Crippen molar-refractivity contribution in [2.75, 3.05) is 19.8 Å². The molecule has 0 spiro atoms. The van der Waals surface area contributed by atoms with Gasteiger partial charge in [-0.1, -0.05) is 45.0 Å². The summed E-state index contributed by atoms with van der Waals surface area (Å²) in [6.45, 7) is 9.21. The van der Waals surface area contributed by atoms with Gasteiger partial charge in [-0.2, -0.15) is 0 Å². The first-order valence-electron chi connectivity index (χ1n) is 7.43. The van der Waals surface area contributed by atoms with Gasteiger partial charge >= 0.3 is 0 Å². The maximum absolute atomic E-state index is 5.77. The van der Waals surface area contributed by atoms with Crippen LogP contribution in [-0.4, -0.2) is 19.8 Å². The molecular weight excluding hydrogens is 234 g/mol. The molecule has 0 aliphatic carbocycles. The highest BCUT2D eigenvalue weighted by Crippen LogP contribution is 2.38. The summed E-state index contributed by atoms with van der Waals surface area (Å²) in [5.41, 5.74) is 8.85. The van der Waals surface area contributed by atoms with E-state index in [0.29, 0.717) is 11.8 Å². The topological polar surface area (TPSA) is 35.2 Å². The molecular formula is C17H27NO. The van der Waals surface area contributed by atoms with Crippen molar-refractivity contribution in [2.45, 2.75) is 39.0 Å². The molecule has 0 radical (unpaired) electrons. The second kappa shape index (κ2) is 6.06. The zero-order valence-corrected chi connectivity index (χ0v) is 12.5. The van der Waals surface area contributed by atoms with Crippen molar-refractivity contribution in [1.29, 1.82) is 0 Å². The maximum Gasteiger partial charge on any atom is 0.0585 e. The molecule has 2 nitrogen and oxygen atoms in total. The lowest BCUT2D eigenvalue weighted by Crippen LogP contribution is -2.48. The van der Waals surface area contributed by atoms with Crippen molar-refractivity contribution < 1.29 is 4.74 Å². The van der Waals surface area contributed by atoms with Gasteiger partial charge in [-0.05, 0) is 42.3 Å². The SMILES string of the molecule is CC(C)Cc1ccc(C2(CC(C)CN)COC2)cc1. The van der Waals surface area contributed by atoms with Gasteiger partial charge in [-0.25, -0.2) is 0 Å². The van der Waals surface area contributed by atoms with Crippen LogP contribution >= 0.6 is 0 Å². The molecule has 0 amide bonds. The van der Waals surface area contributed by atoms with E-state index in [2.05, 4.69) is 45.0 Å². The monoisotopic (exact) mass is 261 g/mol. The predicted octanol–water partition coefficient (Wildman–Crippen LogP) is 3.14. The zero-order valence-electron chi connectivity index (χ0n) is 12.5. The van der Waals surface area contributed by atoms with Crippen molar-refractivity contribution in [1.82, 2.24) is 0 Å². The van der Waals surface area contributed by atoms with E-state index in [0.717, 1.165) is 32.6 Å². The van der Waals surface area contributed by atoms with Gasteiger partial charge in [0.05, 0.1) is 13.2 Å². The van der Waals surface area contributed by atoms with Crippen LogP contribution in [0.4, 0.5) is 0 Å². The number of hydrogen-bond acceptors (Lipinski definition) is 2. The van der Waals surface area contributed by atoms with Gasteiger partial charge in [0.15, 0.2) is 0 Å². The summed E-state index contributed by atoms with van der Waals surface area (Å²) >= 11 is 0. The van der Waals surface area contributed by atoms with Gasteiger partial charge in [-0.15, -0.1) is 0 Å². The normalized spacial score (nSPS) is 19.2. The molecule has 106 valence electrons. The van der Waals surface area contributed by atoms with E-state index in [1.54, 1.807) is 0 Å². The van der Waals surface area contributed by atoms with Crippen LogP contribution in [0.5, 0.6) is 0 Å². The minimum atomic E-state index is 0.217. The molecule has 1 fully saturated rings. The van der Waals surface area contributed by atoms with Gasteiger partial charge in [0.1, 0.15) is 0 Å². The summed E-state index contributed by atoms with van der Waals surface area (Å²) in [5, 5.41) is 0. The van der Waals surface area contributed by atoms with E-state index in [1.807, 2.05) is 0 Å². The van der Waals surface area contributed by atoms with Gasteiger partial charge < -0.3 is 10.5 Å². The summed E-state index contributed by atoms with van der Waals surface area (Å²) < 4.78 is 5.49. The molecule has 19 heavy (non-hydrogen) atoms. The van der Waals surface area contributed by atoms with E-state index >= 15 is 0 Å². The third kappa shape index (κ3) is 3.37. The van der Waals surface area contributed by atoms with Crippen LogP contribution in [0.2, 0.25) is 0 Å². The Morgan fingerprint density at radius 3 is 2.21 bits per heavy atom. The Bertz CT molecular complexity index is 392. The minimum Gasteiger partial charge on any atom is -0.379 e. The molecule has 1 aromatic carbocycles. The van der Waals surface area contributed by atoms with Crippen molar-refractivity contribution in [3.63, 3.8) is 0 Å². The quantitative estimate of drug-likeness (QED) is 0.854. The van der Waals surface area contributed by atoms with E-state index in [-0.39, 0.29) is 5.41 Å². The van der Waals surface area contributed by atoms with Gasteiger partial charge in [0.25, 0.3) is 0 Å². The lowest BCUT2D eigenvalue weighted by atomic mass is 9.72. The van der Waals surface area contributed by atoms with Gasteiger partial charge in [0, 0.05) is 5.41 Å². The minimum absolute atomic E-state index is 0.217. The molecule has 1 aromatic rings. The lowest BCUT2D eigenvalue weighted by molar-refractivity contribution is -0.0702. The highest BCUT2D eigenvalue weighted by Gasteiger charge is 2.40. The highest BCUT2D eigenvalue weighted by atomic mass is 16.5. The standard InChI is InChI=1S/C17H27NO/c1-13(2)8-15-4-6-16(7-5-15)17(11-19-12-17)9-14(3)10-18/h4-7,13-14H,8-12,18H2,1-3H3. The lowest BCUT2D eigenvalue weighted by Gasteiger charge is -2.43. The van der Waals surface area contributed by atoms with E-state index in [1.165, 1.54) is 11.1 Å². The van der Waals surface area contributed by atoms with Gasteiger partial charge in [-0.3, -0.25) is 0 Å². The first kappa shape index (κ1) is 14.5. The van der Waals surface area contributed by atoms with Crippen LogP contribution < -0.4 is 5.73 Å². The molecule has 2 heteroatoms. The molecule has 1 unspecified atom stereocenters. The average Bonchev–Trinajstić information content (AvgIpc) is 2.34. The van der Waals surface area contributed by atoms with Crippen molar-refractivity contribution in [3.8, 4) is 0 Å². The van der Waals surface area contributed by atoms with Crippen LogP contribution in [-0.2, 0) is 16.6 Å². The Balaban J connectivity index is 2.10. The number of hydrogen-bond donors (Lipinski definition) is 1. The number of nitrogens with two attached hydrogens (primary N) is 1. The number of rotatable bonds is 6. The fraction of sp³-hybridized carbons (Fsp3) is 0.647. The maximum atomic E-state index is 5.77. The van der Waals surface area contributed by atoms with Crippen LogP contribution in [0.25, 0.3) is 0 Å².